The first-order valence-electron chi connectivity index (χ1n) is 6.41. The number of hydrogen-bond donors (Lipinski definition) is 1. The fourth-order valence-corrected chi connectivity index (χ4v) is 2.48. The Bertz CT molecular complexity index is 401. The normalized spacial score (nSPS) is 19.6. The zero-order valence-electron chi connectivity index (χ0n) is 11.6. The van der Waals surface area contributed by atoms with Gasteiger partial charge in [0.2, 0.25) is 0 Å². The summed E-state index contributed by atoms with van der Waals surface area (Å²) in [5.41, 5.74) is 7.17. The molecule has 0 radical (unpaired) electrons. The fourth-order valence-electron chi connectivity index (χ4n) is 2.48. The van der Waals surface area contributed by atoms with Crippen LogP contribution in [0.25, 0.3) is 0 Å². The van der Waals surface area contributed by atoms with Crippen LogP contribution in [0.1, 0.15) is 18.4 Å². The lowest BCUT2D eigenvalue weighted by molar-refractivity contribution is 0.199. The van der Waals surface area contributed by atoms with E-state index in [0.717, 1.165) is 43.1 Å². The van der Waals surface area contributed by atoms with Gasteiger partial charge in [0.15, 0.2) is 0 Å². The van der Waals surface area contributed by atoms with E-state index >= 15 is 0 Å². The van der Waals surface area contributed by atoms with Crippen LogP contribution < -0.4 is 15.2 Å². The van der Waals surface area contributed by atoms with Crippen molar-refractivity contribution in [1.29, 1.82) is 0 Å². The fraction of sp³-hybridized carbons (Fsp3) is 0.571. The van der Waals surface area contributed by atoms with Crippen molar-refractivity contribution in [2.75, 3.05) is 27.3 Å². The van der Waals surface area contributed by atoms with E-state index in [1.54, 1.807) is 14.2 Å². The lowest BCUT2D eigenvalue weighted by atomic mass is 10.1. The molecule has 0 aromatic heterocycles. The highest BCUT2D eigenvalue weighted by Crippen LogP contribution is 2.26. The van der Waals surface area contributed by atoms with E-state index in [1.807, 2.05) is 18.2 Å². The third kappa shape index (κ3) is 4.27. The zero-order chi connectivity index (χ0) is 13.0. The van der Waals surface area contributed by atoms with Crippen molar-refractivity contribution in [1.82, 2.24) is 4.90 Å². The highest BCUT2D eigenvalue weighted by atomic mass is 35.5. The number of hydrogen-bond acceptors (Lipinski definition) is 4. The predicted octanol–water partition coefficient (Wildman–Crippen LogP) is 2.05. The molecule has 0 saturated carbocycles. The van der Waals surface area contributed by atoms with Gasteiger partial charge in [-0.3, -0.25) is 4.90 Å². The molecule has 5 heteroatoms. The van der Waals surface area contributed by atoms with Gasteiger partial charge < -0.3 is 15.2 Å². The zero-order valence-corrected chi connectivity index (χ0v) is 12.4. The highest BCUT2D eigenvalue weighted by Gasteiger charge is 2.18. The summed E-state index contributed by atoms with van der Waals surface area (Å²) >= 11 is 0. The predicted molar refractivity (Wildman–Crippen MR) is 79.3 cm³/mol. The molecule has 1 atom stereocenters. The van der Waals surface area contributed by atoms with Crippen LogP contribution in [0.2, 0.25) is 0 Å². The Balaban J connectivity index is 0.00000180. The van der Waals surface area contributed by atoms with E-state index in [-0.39, 0.29) is 12.4 Å². The van der Waals surface area contributed by atoms with Gasteiger partial charge in [-0.25, -0.2) is 0 Å². The Hall–Kier alpha value is -0.970. The number of methoxy groups -OCH3 is 2. The summed E-state index contributed by atoms with van der Waals surface area (Å²) in [7, 11) is 3.38. The molecule has 1 fully saturated rings. The molecule has 0 spiro atoms. The molecule has 1 unspecified atom stereocenters. The summed E-state index contributed by atoms with van der Waals surface area (Å²) in [5.74, 6) is 1.78. The maximum Gasteiger partial charge on any atom is 0.123 e. The first-order valence-corrected chi connectivity index (χ1v) is 6.41. The van der Waals surface area contributed by atoms with E-state index in [2.05, 4.69) is 4.90 Å². The van der Waals surface area contributed by atoms with Gasteiger partial charge in [0.1, 0.15) is 11.5 Å². The van der Waals surface area contributed by atoms with Gasteiger partial charge in [-0.1, -0.05) is 0 Å². The Kier molecular flexibility index (Phi) is 6.42. The third-order valence-corrected chi connectivity index (χ3v) is 3.42. The summed E-state index contributed by atoms with van der Waals surface area (Å²) in [6.07, 6.45) is 2.30. The minimum Gasteiger partial charge on any atom is -0.497 e. The summed E-state index contributed by atoms with van der Waals surface area (Å²) in [6, 6.07) is 6.22. The largest absolute Gasteiger partial charge is 0.497 e. The number of rotatable bonds is 4. The molecular formula is C14H23ClN2O2. The number of nitrogens with zero attached hydrogens (tertiary/aromatic N) is 1. The quantitative estimate of drug-likeness (QED) is 0.920. The van der Waals surface area contributed by atoms with Crippen LogP contribution in [-0.4, -0.2) is 38.3 Å². The van der Waals surface area contributed by atoms with Crippen LogP contribution in [0.3, 0.4) is 0 Å². The minimum absolute atomic E-state index is 0. The number of nitrogens with two attached hydrogens (primary N) is 1. The molecular weight excluding hydrogens is 264 g/mol. The number of likely N-dealkylation sites (tertiary alicyclic amines) is 1. The van der Waals surface area contributed by atoms with E-state index in [1.165, 1.54) is 6.42 Å². The average molecular weight is 287 g/mol. The number of benzene rings is 1. The molecule has 19 heavy (non-hydrogen) atoms. The van der Waals surface area contributed by atoms with Crippen LogP contribution in [0.15, 0.2) is 18.2 Å². The number of halogens is 1. The van der Waals surface area contributed by atoms with Crippen LogP contribution in [0.4, 0.5) is 0 Å². The van der Waals surface area contributed by atoms with E-state index in [4.69, 9.17) is 15.2 Å². The summed E-state index contributed by atoms with van der Waals surface area (Å²) in [6.45, 7) is 2.93. The van der Waals surface area contributed by atoms with E-state index < -0.39 is 0 Å². The highest BCUT2D eigenvalue weighted by molar-refractivity contribution is 5.85. The Morgan fingerprint density at radius 3 is 2.74 bits per heavy atom. The van der Waals surface area contributed by atoms with Crippen molar-refractivity contribution in [3.63, 3.8) is 0 Å². The van der Waals surface area contributed by atoms with Gasteiger partial charge in [0.05, 0.1) is 14.2 Å². The van der Waals surface area contributed by atoms with Gasteiger partial charge in [-0.15, -0.1) is 12.4 Å². The maximum atomic E-state index is 6.01. The van der Waals surface area contributed by atoms with Gasteiger partial charge in [-0.05, 0) is 37.6 Å². The number of piperidine rings is 1. The van der Waals surface area contributed by atoms with Crippen molar-refractivity contribution in [3.05, 3.63) is 23.8 Å². The van der Waals surface area contributed by atoms with Crippen molar-refractivity contribution in [2.24, 2.45) is 5.73 Å². The molecule has 1 aromatic rings. The SMILES string of the molecule is COc1ccc(OC)c(CN2CCCC(N)C2)c1.Cl. The molecule has 0 amide bonds. The molecule has 108 valence electrons. The smallest absolute Gasteiger partial charge is 0.123 e. The first-order chi connectivity index (χ1) is 8.72. The maximum absolute atomic E-state index is 6.01. The molecule has 1 heterocycles. The summed E-state index contributed by atoms with van der Waals surface area (Å²) in [4.78, 5) is 2.38. The van der Waals surface area contributed by atoms with Gasteiger partial charge in [0.25, 0.3) is 0 Å². The van der Waals surface area contributed by atoms with Crippen molar-refractivity contribution < 1.29 is 9.47 Å². The Labute approximate surface area is 121 Å². The van der Waals surface area contributed by atoms with Gasteiger partial charge in [0, 0.05) is 24.7 Å². The molecule has 1 aliphatic heterocycles. The molecule has 0 aliphatic carbocycles. The molecule has 4 nitrogen and oxygen atoms in total. The monoisotopic (exact) mass is 286 g/mol. The Morgan fingerprint density at radius 2 is 2.11 bits per heavy atom. The molecule has 0 bridgehead atoms. The average Bonchev–Trinajstić information content (AvgIpc) is 2.38. The van der Waals surface area contributed by atoms with Crippen LogP contribution in [0, 0.1) is 0 Å². The minimum atomic E-state index is 0. The van der Waals surface area contributed by atoms with Crippen LogP contribution in [-0.2, 0) is 6.54 Å². The van der Waals surface area contributed by atoms with Gasteiger partial charge in [-0.2, -0.15) is 0 Å². The van der Waals surface area contributed by atoms with E-state index in [9.17, 15) is 0 Å². The molecule has 1 aliphatic rings. The second-order valence-electron chi connectivity index (χ2n) is 4.82. The lowest BCUT2D eigenvalue weighted by Gasteiger charge is -2.31. The molecule has 1 aromatic carbocycles. The summed E-state index contributed by atoms with van der Waals surface area (Å²) in [5, 5.41) is 0. The van der Waals surface area contributed by atoms with Crippen molar-refractivity contribution >= 4 is 12.4 Å². The topological polar surface area (TPSA) is 47.7 Å². The Morgan fingerprint density at radius 1 is 1.32 bits per heavy atom. The molecule has 2 rings (SSSR count). The standard InChI is InChI=1S/C14H22N2O2.ClH/c1-17-13-5-6-14(18-2)11(8-13)9-16-7-3-4-12(15)10-16;/h5-6,8,12H,3-4,7,9-10,15H2,1-2H3;1H. The van der Waals surface area contributed by atoms with Gasteiger partial charge >= 0.3 is 0 Å². The second kappa shape index (κ2) is 7.58. The second-order valence-corrected chi connectivity index (χ2v) is 4.82. The van der Waals surface area contributed by atoms with Crippen LogP contribution >= 0.6 is 12.4 Å². The lowest BCUT2D eigenvalue weighted by Crippen LogP contribution is -2.42. The van der Waals surface area contributed by atoms with Crippen LogP contribution in [0.5, 0.6) is 11.5 Å². The number of ether oxygens (including phenoxy) is 2. The molecule has 1 saturated heterocycles. The first kappa shape index (κ1) is 16.1. The third-order valence-electron chi connectivity index (χ3n) is 3.42. The van der Waals surface area contributed by atoms with Crippen molar-refractivity contribution in [3.8, 4) is 11.5 Å². The summed E-state index contributed by atoms with van der Waals surface area (Å²) < 4.78 is 10.7. The van der Waals surface area contributed by atoms with E-state index in [0.29, 0.717) is 6.04 Å². The van der Waals surface area contributed by atoms with Crippen molar-refractivity contribution in [2.45, 2.75) is 25.4 Å². The molecule has 2 N–H and O–H groups in total.